The minimum absolute atomic E-state index is 0.0156. The average Bonchev–Trinajstić information content (AvgIpc) is 2.84. The van der Waals surface area contributed by atoms with Crippen LogP contribution < -0.4 is 5.73 Å². The summed E-state index contributed by atoms with van der Waals surface area (Å²) in [5, 5.41) is 0.907. The summed E-state index contributed by atoms with van der Waals surface area (Å²) in [6, 6.07) is 12.8. The van der Waals surface area contributed by atoms with E-state index in [-0.39, 0.29) is 5.78 Å². The molecular weight excluding hydrogens is 304 g/mol. The number of carbonyl (C=O) groups is 1. The lowest BCUT2D eigenvalue weighted by Gasteiger charge is -2.02. The lowest BCUT2D eigenvalue weighted by Crippen LogP contribution is -2.00. The Balaban J connectivity index is 2.14. The van der Waals surface area contributed by atoms with Crippen molar-refractivity contribution >= 4 is 38.3 Å². The predicted molar refractivity (Wildman–Crippen MR) is 80.3 cm³/mol. The molecule has 94 valence electrons. The Hall–Kier alpha value is -2.07. The van der Waals surface area contributed by atoms with Crippen LogP contribution >= 0.6 is 15.9 Å². The fourth-order valence-electron chi connectivity index (χ4n) is 2.11. The van der Waals surface area contributed by atoms with E-state index in [9.17, 15) is 4.79 Å². The third kappa shape index (κ3) is 2.04. The van der Waals surface area contributed by atoms with Crippen LogP contribution in [-0.4, -0.2) is 10.8 Å². The minimum atomic E-state index is -0.0156. The van der Waals surface area contributed by atoms with Gasteiger partial charge in [-0.25, -0.2) is 0 Å². The van der Waals surface area contributed by atoms with E-state index in [2.05, 4.69) is 20.9 Å². The first-order valence-electron chi connectivity index (χ1n) is 5.82. The molecule has 0 radical (unpaired) electrons. The second kappa shape index (κ2) is 4.55. The summed E-state index contributed by atoms with van der Waals surface area (Å²) < 4.78 is 0.907. The van der Waals surface area contributed by atoms with Gasteiger partial charge in [0.05, 0.1) is 0 Å². The molecule has 1 heterocycles. The number of benzene rings is 2. The van der Waals surface area contributed by atoms with Gasteiger partial charge in [0.1, 0.15) is 0 Å². The molecule has 0 bridgehead atoms. The summed E-state index contributed by atoms with van der Waals surface area (Å²) in [5.74, 6) is -0.0156. The molecule has 1 aromatic heterocycles. The van der Waals surface area contributed by atoms with Gasteiger partial charge >= 0.3 is 0 Å². The van der Waals surface area contributed by atoms with E-state index in [1.807, 2.05) is 18.2 Å². The highest BCUT2D eigenvalue weighted by atomic mass is 79.9. The van der Waals surface area contributed by atoms with Gasteiger partial charge in [0, 0.05) is 38.4 Å². The largest absolute Gasteiger partial charge is 0.399 e. The number of carbonyl (C=O) groups excluding carboxylic acids is 1. The molecule has 3 aromatic rings. The van der Waals surface area contributed by atoms with Crippen LogP contribution in [0.15, 0.2) is 53.1 Å². The van der Waals surface area contributed by atoms with Crippen molar-refractivity contribution < 1.29 is 4.79 Å². The van der Waals surface area contributed by atoms with Gasteiger partial charge in [0.25, 0.3) is 0 Å². The van der Waals surface area contributed by atoms with Crippen LogP contribution in [0, 0.1) is 0 Å². The molecule has 0 atom stereocenters. The highest BCUT2D eigenvalue weighted by Crippen LogP contribution is 2.28. The number of rotatable bonds is 2. The maximum Gasteiger partial charge on any atom is 0.195 e. The number of hydrogen-bond acceptors (Lipinski definition) is 2. The monoisotopic (exact) mass is 314 g/mol. The summed E-state index contributed by atoms with van der Waals surface area (Å²) in [6.45, 7) is 0. The Bertz CT molecular complexity index is 759. The molecule has 0 aliphatic heterocycles. The van der Waals surface area contributed by atoms with Crippen molar-refractivity contribution in [1.82, 2.24) is 4.98 Å². The second-order valence-electron chi connectivity index (χ2n) is 4.32. The lowest BCUT2D eigenvalue weighted by molar-refractivity contribution is 0.104. The van der Waals surface area contributed by atoms with Gasteiger partial charge in [0.15, 0.2) is 5.78 Å². The molecule has 19 heavy (non-hydrogen) atoms. The number of halogens is 1. The van der Waals surface area contributed by atoms with Gasteiger partial charge in [-0.2, -0.15) is 0 Å². The Labute approximate surface area is 118 Å². The number of nitrogens with two attached hydrogens (primary N) is 1. The van der Waals surface area contributed by atoms with E-state index < -0.39 is 0 Å². The molecule has 0 aliphatic carbocycles. The summed E-state index contributed by atoms with van der Waals surface area (Å²) in [7, 11) is 0. The topological polar surface area (TPSA) is 58.9 Å². The first kappa shape index (κ1) is 12.0. The quantitative estimate of drug-likeness (QED) is 0.559. The van der Waals surface area contributed by atoms with Gasteiger partial charge in [0.2, 0.25) is 0 Å². The van der Waals surface area contributed by atoms with Crippen molar-refractivity contribution in [3.05, 3.63) is 64.3 Å². The molecule has 0 unspecified atom stereocenters. The Morgan fingerprint density at radius 2 is 1.84 bits per heavy atom. The van der Waals surface area contributed by atoms with Crippen LogP contribution in [0.4, 0.5) is 5.69 Å². The van der Waals surface area contributed by atoms with E-state index in [0.29, 0.717) is 16.8 Å². The van der Waals surface area contributed by atoms with Crippen LogP contribution in [0.3, 0.4) is 0 Å². The molecular formula is C15H11BrN2O. The fraction of sp³-hybridized carbons (Fsp3) is 0. The summed E-state index contributed by atoms with van der Waals surface area (Å²) in [5.41, 5.74) is 8.51. The fourth-order valence-corrected chi connectivity index (χ4v) is 2.69. The minimum Gasteiger partial charge on any atom is -0.399 e. The van der Waals surface area contributed by atoms with Crippen LogP contribution in [0.2, 0.25) is 0 Å². The smallest absolute Gasteiger partial charge is 0.195 e. The third-order valence-corrected chi connectivity index (χ3v) is 3.73. The second-order valence-corrected chi connectivity index (χ2v) is 5.17. The van der Waals surface area contributed by atoms with Crippen molar-refractivity contribution in [3.63, 3.8) is 0 Å². The van der Waals surface area contributed by atoms with Gasteiger partial charge in [-0.3, -0.25) is 4.79 Å². The molecule has 4 heteroatoms. The first-order valence-corrected chi connectivity index (χ1v) is 6.62. The van der Waals surface area contributed by atoms with Crippen molar-refractivity contribution in [2.75, 3.05) is 5.73 Å². The maximum absolute atomic E-state index is 12.5. The molecule has 0 saturated carbocycles. The van der Waals surface area contributed by atoms with Crippen molar-refractivity contribution in [3.8, 4) is 0 Å². The molecule has 0 saturated heterocycles. The lowest BCUT2D eigenvalue weighted by atomic mass is 10.0. The molecule has 0 fully saturated rings. The maximum atomic E-state index is 12.5. The number of hydrogen-bond donors (Lipinski definition) is 2. The number of H-pyrrole nitrogens is 1. The zero-order chi connectivity index (χ0) is 13.4. The van der Waals surface area contributed by atoms with Crippen molar-refractivity contribution in [1.29, 1.82) is 0 Å². The number of aromatic nitrogens is 1. The number of anilines is 1. The number of nitrogen functional groups attached to an aromatic ring is 1. The van der Waals surface area contributed by atoms with E-state index in [0.717, 1.165) is 15.4 Å². The number of nitrogens with one attached hydrogen (secondary N) is 1. The highest BCUT2D eigenvalue weighted by Gasteiger charge is 2.15. The molecule has 3 N–H and O–H groups in total. The standard InChI is InChI=1S/C15H11BrN2O/c16-12-2-1-3-13-14(12)11(8-18-13)15(19)9-4-6-10(17)7-5-9/h1-8,18H,17H2. The van der Waals surface area contributed by atoms with Crippen LogP contribution in [-0.2, 0) is 0 Å². The SMILES string of the molecule is Nc1ccc(C(=O)c2c[nH]c3cccc(Br)c23)cc1. The Morgan fingerprint density at radius 1 is 1.11 bits per heavy atom. The summed E-state index contributed by atoms with van der Waals surface area (Å²) >= 11 is 3.49. The third-order valence-electron chi connectivity index (χ3n) is 3.07. The van der Waals surface area contributed by atoms with Crippen LogP contribution in [0.5, 0.6) is 0 Å². The van der Waals surface area contributed by atoms with Crippen molar-refractivity contribution in [2.45, 2.75) is 0 Å². The van der Waals surface area contributed by atoms with Gasteiger partial charge < -0.3 is 10.7 Å². The van der Waals surface area contributed by atoms with Crippen LogP contribution in [0.1, 0.15) is 15.9 Å². The molecule has 0 amide bonds. The van der Waals surface area contributed by atoms with E-state index in [1.165, 1.54) is 0 Å². The van der Waals surface area contributed by atoms with Gasteiger partial charge in [-0.15, -0.1) is 0 Å². The normalized spacial score (nSPS) is 10.8. The number of ketones is 1. The molecule has 0 aliphatic rings. The van der Waals surface area contributed by atoms with E-state index in [4.69, 9.17) is 5.73 Å². The van der Waals surface area contributed by atoms with Crippen LogP contribution in [0.25, 0.3) is 10.9 Å². The highest BCUT2D eigenvalue weighted by molar-refractivity contribution is 9.10. The van der Waals surface area contributed by atoms with Gasteiger partial charge in [-0.05, 0) is 36.4 Å². The molecule has 0 spiro atoms. The molecule has 2 aromatic carbocycles. The Kier molecular flexibility index (Phi) is 2.87. The Morgan fingerprint density at radius 3 is 2.58 bits per heavy atom. The van der Waals surface area contributed by atoms with E-state index in [1.54, 1.807) is 30.5 Å². The zero-order valence-electron chi connectivity index (χ0n) is 9.98. The van der Waals surface area contributed by atoms with E-state index >= 15 is 0 Å². The van der Waals surface area contributed by atoms with Crippen molar-refractivity contribution in [2.24, 2.45) is 0 Å². The summed E-state index contributed by atoms with van der Waals surface area (Å²) in [6.07, 6.45) is 1.74. The first-order chi connectivity index (χ1) is 9.16. The molecule has 3 nitrogen and oxygen atoms in total. The zero-order valence-corrected chi connectivity index (χ0v) is 11.6. The molecule has 3 rings (SSSR count). The number of aromatic amines is 1. The average molecular weight is 315 g/mol. The van der Waals surface area contributed by atoms with Gasteiger partial charge in [-0.1, -0.05) is 22.0 Å². The predicted octanol–water partition coefficient (Wildman–Crippen LogP) is 3.74. The number of fused-ring (bicyclic) bond motifs is 1. The summed E-state index contributed by atoms with van der Waals surface area (Å²) in [4.78, 5) is 15.6.